The molecule has 8 heteroatoms. The second-order valence-corrected chi connectivity index (χ2v) is 9.92. The maximum Gasteiger partial charge on any atom is 0.328 e. The van der Waals surface area contributed by atoms with Crippen LogP contribution in [0.1, 0.15) is 66.7 Å². The van der Waals surface area contributed by atoms with Crippen molar-refractivity contribution in [1.29, 1.82) is 0 Å². The van der Waals surface area contributed by atoms with Crippen LogP contribution in [0.4, 0.5) is 0 Å². The van der Waals surface area contributed by atoms with Gasteiger partial charge in [-0.25, -0.2) is 9.78 Å². The number of pyridine rings is 1. The van der Waals surface area contributed by atoms with E-state index in [1.807, 2.05) is 42.5 Å². The molecule has 0 saturated carbocycles. The highest BCUT2D eigenvalue weighted by molar-refractivity contribution is 5.98. The summed E-state index contributed by atoms with van der Waals surface area (Å²) in [6.07, 6.45) is 3.43. The van der Waals surface area contributed by atoms with Crippen molar-refractivity contribution in [1.82, 2.24) is 10.3 Å². The van der Waals surface area contributed by atoms with Gasteiger partial charge in [0.2, 0.25) is 5.75 Å². The highest BCUT2D eigenvalue weighted by atomic mass is 16.6. The zero-order chi connectivity index (χ0) is 27.9. The molecule has 4 rings (SSSR count). The van der Waals surface area contributed by atoms with Crippen molar-refractivity contribution in [3.05, 3.63) is 89.2 Å². The smallest absolute Gasteiger partial charge is 0.328 e. The highest BCUT2D eigenvalue weighted by Gasteiger charge is 2.34. The summed E-state index contributed by atoms with van der Waals surface area (Å²) in [6.45, 7) is 4.91. The zero-order valence-corrected chi connectivity index (χ0v) is 22.7. The second-order valence-electron chi connectivity index (χ2n) is 9.92. The van der Waals surface area contributed by atoms with E-state index in [1.165, 1.54) is 24.9 Å². The molecule has 39 heavy (non-hydrogen) atoms. The van der Waals surface area contributed by atoms with Crippen LogP contribution in [0.15, 0.2) is 66.9 Å². The molecule has 0 saturated heterocycles. The first kappa shape index (κ1) is 27.8. The third-order valence-corrected chi connectivity index (χ3v) is 6.80. The molecule has 1 aromatic heterocycles. The van der Waals surface area contributed by atoms with Crippen molar-refractivity contribution in [2.75, 3.05) is 7.11 Å². The van der Waals surface area contributed by atoms with E-state index in [1.54, 1.807) is 20.8 Å². The van der Waals surface area contributed by atoms with Gasteiger partial charge in [-0.1, -0.05) is 68.4 Å². The molecule has 1 aliphatic carbocycles. The van der Waals surface area contributed by atoms with Crippen LogP contribution in [0.2, 0.25) is 0 Å². The summed E-state index contributed by atoms with van der Waals surface area (Å²) in [4.78, 5) is 42.8. The standard InChI is InChI=1S/C31H34N2O6/c1-19(2)30(35)39-28-25(37-4)17-18-32-27(28)29(34)33-20(3)31(36)38-24-16-10-14-21-11-8-9-15-23(21)26(24)22-12-6-5-7-13-22/h5-9,11-13,15,17-20,24,26H,10,14,16H2,1-4H3,(H,33,34)/t20-,24?,26?/m0/s1. The Balaban J connectivity index is 1.54. The van der Waals surface area contributed by atoms with Crippen molar-refractivity contribution in [2.24, 2.45) is 5.92 Å². The first-order chi connectivity index (χ1) is 18.8. The minimum atomic E-state index is -0.978. The van der Waals surface area contributed by atoms with Gasteiger partial charge in [0.25, 0.3) is 5.91 Å². The Morgan fingerprint density at radius 1 is 0.949 bits per heavy atom. The quantitative estimate of drug-likeness (QED) is 0.328. The number of fused-ring (bicyclic) bond motifs is 1. The minimum absolute atomic E-state index is 0.0960. The molecule has 0 fully saturated rings. The lowest BCUT2D eigenvalue weighted by Crippen LogP contribution is -2.42. The van der Waals surface area contributed by atoms with Crippen LogP contribution in [0.5, 0.6) is 11.5 Å². The third-order valence-electron chi connectivity index (χ3n) is 6.80. The number of hydrogen-bond donors (Lipinski definition) is 1. The van der Waals surface area contributed by atoms with E-state index in [9.17, 15) is 14.4 Å². The Morgan fingerprint density at radius 3 is 2.38 bits per heavy atom. The first-order valence-corrected chi connectivity index (χ1v) is 13.2. The molecule has 1 N–H and O–H groups in total. The van der Waals surface area contributed by atoms with Crippen LogP contribution in [0, 0.1) is 5.92 Å². The Labute approximate surface area is 228 Å². The molecule has 1 heterocycles. The summed E-state index contributed by atoms with van der Waals surface area (Å²) in [5.74, 6) is -2.25. The van der Waals surface area contributed by atoms with E-state index in [0.29, 0.717) is 6.42 Å². The predicted octanol–water partition coefficient (Wildman–Crippen LogP) is 4.85. The van der Waals surface area contributed by atoms with Gasteiger partial charge in [-0.3, -0.25) is 9.59 Å². The topological polar surface area (TPSA) is 104 Å². The average Bonchev–Trinajstić information content (AvgIpc) is 3.12. The summed E-state index contributed by atoms with van der Waals surface area (Å²) in [5, 5.41) is 2.65. The number of nitrogens with one attached hydrogen (secondary N) is 1. The maximum atomic E-state index is 13.3. The van der Waals surface area contributed by atoms with Crippen molar-refractivity contribution in [3.8, 4) is 11.5 Å². The van der Waals surface area contributed by atoms with E-state index >= 15 is 0 Å². The molecule has 1 amide bonds. The number of aryl methyl sites for hydroxylation is 1. The number of benzene rings is 2. The summed E-state index contributed by atoms with van der Waals surface area (Å²) < 4.78 is 16.8. The number of hydrogen-bond acceptors (Lipinski definition) is 7. The number of methoxy groups -OCH3 is 1. The van der Waals surface area contributed by atoms with Crippen molar-refractivity contribution < 1.29 is 28.6 Å². The van der Waals surface area contributed by atoms with Gasteiger partial charge in [-0.2, -0.15) is 0 Å². The van der Waals surface area contributed by atoms with Crippen LogP contribution >= 0.6 is 0 Å². The molecule has 0 aliphatic heterocycles. The van der Waals surface area contributed by atoms with Gasteiger partial charge in [0, 0.05) is 18.2 Å². The molecule has 2 aromatic carbocycles. The molecule has 0 bridgehead atoms. The normalized spacial score (nSPS) is 17.4. The van der Waals surface area contributed by atoms with Crippen LogP contribution < -0.4 is 14.8 Å². The lowest BCUT2D eigenvalue weighted by molar-refractivity contribution is -0.152. The number of carbonyl (C=O) groups is 3. The van der Waals surface area contributed by atoms with E-state index in [-0.39, 0.29) is 23.1 Å². The monoisotopic (exact) mass is 530 g/mol. The molecule has 3 aromatic rings. The lowest BCUT2D eigenvalue weighted by Gasteiger charge is -2.28. The number of rotatable bonds is 8. The van der Waals surface area contributed by atoms with Crippen LogP contribution in [0.25, 0.3) is 0 Å². The van der Waals surface area contributed by atoms with Crippen LogP contribution in [-0.4, -0.2) is 42.1 Å². The average molecular weight is 531 g/mol. The van der Waals surface area contributed by atoms with Gasteiger partial charge in [-0.05, 0) is 42.9 Å². The fourth-order valence-corrected chi connectivity index (χ4v) is 4.75. The molecular weight excluding hydrogens is 496 g/mol. The van der Waals surface area contributed by atoms with Gasteiger partial charge >= 0.3 is 11.9 Å². The second kappa shape index (κ2) is 12.6. The Kier molecular flexibility index (Phi) is 8.96. The van der Waals surface area contributed by atoms with Gasteiger partial charge in [0.15, 0.2) is 11.4 Å². The summed E-state index contributed by atoms with van der Waals surface area (Å²) in [5.41, 5.74) is 3.30. The van der Waals surface area contributed by atoms with E-state index < -0.39 is 35.9 Å². The van der Waals surface area contributed by atoms with Gasteiger partial charge in [0.1, 0.15) is 12.1 Å². The molecule has 8 nitrogen and oxygen atoms in total. The van der Waals surface area contributed by atoms with Gasteiger partial charge < -0.3 is 19.5 Å². The Hall–Kier alpha value is -4.20. The summed E-state index contributed by atoms with van der Waals surface area (Å²) >= 11 is 0. The SMILES string of the molecule is COc1ccnc(C(=O)N[C@@H](C)C(=O)OC2CCCc3ccccc3C2c2ccccc2)c1OC(=O)C(C)C. The van der Waals surface area contributed by atoms with Crippen molar-refractivity contribution in [2.45, 2.75) is 58.1 Å². The number of aromatic nitrogens is 1. The molecule has 3 atom stereocenters. The predicted molar refractivity (Wildman–Crippen MR) is 146 cm³/mol. The number of ether oxygens (including phenoxy) is 3. The van der Waals surface area contributed by atoms with E-state index in [2.05, 4.69) is 22.4 Å². The van der Waals surface area contributed by atoms with Crippen molar-refractivity contribution in [3.63, 3.8) is 0 Å². The van der Waals surface area contributed by atoms with Crippen molar-refractivity contribution >= 4 is 17.8 Å². The zero-order valence-electron chi connectivity index (χ0n) is 22.7. The number of amides is 1. The third kappa shape index (κ3) is 6.45. The lowest BCUT2D eigenvalue weighted by atomic mass is 9.84. The van der Waals surface area contributed by atoms with Crippen LogP contribution in [0.3, 0.4) is 0 Å². The van der Waals surface area contributed by atoms with E-state index in [0.717, 1.165) is 24.0 Å². The summed E-state index contributed by atoms with van der Waals surface area (Å²) in [7, 11) is 1.40. The van der Waals surface area contributed by atoms with Crippen LogP contribution in [-0.2, 0) is 20.7 Å². The fraction of sp³-hybridized carbons (Fsp3) is 0.355. The summed E-state index contributed by atoms with van der Waals surface area (Å²) in [6, 6.07) is 18.8. The Morgan fingerprint density at radius 2 is 1.67 bits per heavy atom. The van der Waals surface area contributed by atoms with Gasteiger partial charge in [-0.15, -0.1) is 0 Å². The Bertz CT molecular complexity index is 1320. The number of carbonyl (C=O) groups excluding carboxylic acids is 3. The number of esters is 2. The molecule has 204 valence electrons. The fourth-order valence-electron chi connectivity index (χ4n) is 4.75. The molecule has 0 radical (unpaired) electrons. The largest absolute Gasteiger partial charge is 0.493 e. The number of nitrogens with zero attached hydrogens (tertiary/aromatic N) is 1. The minimum Gasteiger partial charge on any atom is -0.493 e. The molecule has 1 aliphatic rings. The maximum absolute atomic E-state index is 13.3. The highest BCUT2D eigenvalue weighted by Crippen LogP contribution is 2.37. The van der Waals surface area contributed by atoms with Gasteiger partial charge in [0.05, 0.1) is 13.0 Å². The molecule has 2 unspecified atom stereocenters. The van der Waals surface area contributed by atoms with E-state index in [4.69, 9.17) is 14.2 Å². The molecule has 0 spiro atoms. The molecular formula is C31H34N2O6. The first-order valence-electron chi connectivity index (χ1n) is 13.2.